The summed E-state index contributed by atoms with van der Waals surface area (Å²) in [5.41, 5.74) is 1.06. The molecule has 3 nitrogen and oxygen atoms in total. The van der Waals surface area contributed by atoms with E-state index < -0.39 is 5.97 Å². The lowest BCUT2D eigenvalue weighted by Gasteiger charge is -1.99. The normalized spacial score (nSPS) is 10.6. The molecule has 0 saturated carbocycles. The molecule has 0 amide bonds. The number of carboxylic acid groups (broad SMARTS) is 1. The molecular formula is C13H16O3. The van der Waals surface area contributed by atoms with Crippen LogP contribution in [0, 0.1) is 0 Å². The highest BCUT2D eigenvalue weighted by Gasteiger charge is 1.94. The van der Waals surface area contributed by atoms with Crippen LogP contribution in [-0.2, 0) is 4.79 Å². The van der Waals surface area contributed by atoms with Crippen LogP contribution in [0.2, 0.25) is 0 Å². The van der Waals surface area contributed by atoms with Gasteiger partial charge in [-0.2, -0.15) is 0 Å². The van der Waals surface area contributed by atoms with Crippen LogP contribution >= 0.6 is 0 Å². The van der Waals surface area contributed by atoms with Crippen molar-refractivity contribution in [3.8, 4) is 5.75 Å². The van der Waals surface area contributed by atoms with Crippen molar-refractivity contribution in [2.24, 2.45) is 0 Å². The summed E-state index contributed by atoms with van der Waals surface area (Å²) in [5.74, 6) is 0.0856. The third-order valence-corrected chi connectivity index (χ3v) is 2.17. The van der Waals surface area contributed by atoms with Crippen molar-refractivity contribution in [2.45, 2.75) is 19.3 Å². The number of carboxylic acids is 1. The van der Waals surface area contributed by atoms with Gasteiger partial charge in [0, 0.05) is 6.42 Å². The number of benzene rings is 1. The van der Waals surface area contributed by atoms with E-state index in [-0.39, 0.29) is 6.42 Å². The lowest BCUT2D eigenvalue weighted by molar-refractivity contribution is -0.137. The van der Waals surface area contributed by atoms with Gasteiger partial charge in [0.05, 0.1) is 7.11 Å². The smallest absolute Gasteiger partial charge is 0.303 e. The summed E-state index contributed by atoms with van der Waals surface area (Å²) in [6, 6.07) is 7.74. The van der Waals surface area contributed by atoms with E-state index >= 15 is 0 Å². The summed E-state index contributed by atoms with van der Waals surface area (Å²) >= 11 is 0. The Labute approximate surface area is 95.4 Å². The van der Waals surface area contributed by atoms with Gasteiger partial charge in [-0.3, -0.25) is 4.79 Å². The van der Waals surface area contributed by atoms with Gasteiger partial charge in [-0.05, 0) is 30.5 Å². The van der Waals surface area contributed by atoms with Gasteiger partial charge in [0.1, 0.15) is 5.75 Å². The summed E-state index contributed by atoms with van der Waals surface area (Å²) < 4.78 is 5.10. The molecule has 1 rings (SSSR count). The molecule has 16 heavy (non-hydrogen) atoms. The zero-order valence-electron chi connectivity index (χ0n) is 9.35. The first-order valence-corrected chi connectivity index (χ1v) is 5.25. The van der Waals surface area contributed by atoms with Crippen molar-refractivity contribution in [1.29, 1.82) is 0 Å². The second-order valence-corrected chi connectivity index (χ2v) is 3.46. The van der Waals surface area contributed by atoms with Crippen LogP contribution in [-0.4, -0.2) is 18.2 Å². The van der Waals surface area contributed by atoms with E-state index in [2.05, 4.69) is 0 Å². The maximum absolute atomic E-state index is 10.3. The molecule has 0 saturated heterocycles. The predicted octanol–water partition coefficient (Wildman–Crippen LogP) is 2.96. The van der Waals surface area contributed by atoms with Gasteiger partial charge in [-0.25, -0.2) is 0 Å². The van der Waals surface area contributed by atoms with Gasteiger partial charge in [0.2, 0.25) is 0 Å². The molecule has 0 aliphatic rings. The number of hydrogen-bond acceptors (Lipinski definition) is 2. The minimum Gasteiger partial charge on any atom is -0.497 e. The van der Waals surface area contributed by atoms with E-state index in [1.54, 1.807) is 7.11 Å². The van der Waals surface area contributed by atoms with Gasteiger partial charge in [0.15, 0.2) is 0 Å². The van der Waals surface area contributed by atoms with E-state index in [9.17, 15) is 4.79 Å². The molecule has 0 bridgehead atoms. The molecule has 0 fully saturated rings. The Morgan fingerprint density at radius 3 is 3.00 bits per heavy atom. The highest BCUT2D eigenvalue weighted by Crippen LogP contribution is 2.14. The fourth-order valence-electron chi connectivity index (χ4n) is 1.34. The number of rotatable bonds is 6. The fraction of sp³-hybridized carbons (Fsp3) is 0.308. The number of carbonyl (C=O) groups is 1. The first kappa shape index (κ1) is 12.3. The molecule has 0 aromatic heterocycles. The predicted molar refractivity (Wildman–Crippen MR) is 63.5 cm³/mol. The van der Waals surface area contributed by atoms with Crippen LogP contribution in [0.25, 0.3) is 6.08 Å². The number of hydrogen-bond donors (Lipinski definition) is 1. The molecule has 0 radical (unpaired) electrons. The Morgan fingerprint density at radius 2 is 2.31 bits per heavy atom. The van der Waals surface area contributed by atoms with Crippen molar-refractivity contribution < 1.29 is 14.6 Å². The molecule has 0 unspecified atom stereocenters. The Hall–Kier alpha value is -1.77. The van der Waals surface area contributed by atoms with Crippen LogP contribution in [0.1, 0.15) is 24.8 Å². The van der Waals surface area contributed by atoms with Crippen LogP contribution in [0.5, 0.6) is 5.75 Å². The fourth-order valence-corrected chi connectivity index (χ4v) is 1.34. The van der Waals surface area contributed by atoms with Crippen molar-refractivity contribution in [1.82, 2.24) is 0 Å². The van der Waals surface area contributed by atoms with Gasteiger partial charge >= 0.3 is 5.97 Å². The van der Waals surface area contributed by atoms with Gasteiger partial charge < -0.3 is 9.84 Å². The zero-order chi connectivity index (χ0) is 11.8. The van der Waals surface area contributed by atoms with Gasteiger partial charge in [-0.1, -0.05) is 24.3 Å². The third-order valence-electron chi connectivity index (χ3n) is 2.17. The first-order chi connectivity index (χ1) is 7.72. The van der Waals surface area contributed by atoms with Crippen molar-refractivity contribution >= 4 is 12.0 Å². The maximum Gasteiger partial charge on any atom is 0.303 e. The Balaban J connectivity index is 2.40. The molecule has 1 aromatic rings. The highest BCUT2D eigenvalue weighted by atomic mass is 16.5. The first-order valence-electron chi connectivity index (χ1n) is 5.25. The Morgan fingerprint density at radius 1 is 1.50 bits per heavy atom. The highest BCUT2D eigenvalue weighted by molar-refractivity contribution is 5.66. The maximum atomic E-state index is 10.3. The molecule has 1 aromatic carbocycles. The monoisotopic (exact) mass is 220 g/mol. The van der Waals surface area contributed by atoms with E-state index in [1.165, 1.54) is 0 Å². The van der Waals surface area contributed by atoms with Crippen molar-refractivity contribution in [2.75, 3.05) is 7.11 Å². The second-order valence-electron chi connectivity index (χ2n) is 3.46. The van der Waals surface area contributed by atoms with Crippen molar-refractivity contribution in [3.63, 3.8) is 0 Å². The average Bonchev–Trinajstić information content (AvgIpc) is 2.28. The van der Waals surface area contributed by atoms with E-state index in [0.717, 1.165) is 17.7 Å². The van der Waals surface area contributed by atoms with Gasteiger partial charge in [-0.15, -0.1) is 0 Å². The van der Waals surface area contributed by atoms with Crippen LogP contribution in [0.4, 0.5) is 0 Å². The number of allylic oxidation sites excluding steroid dienone is 1. The topological polar surface area (TPSA) is 46.5 Å². The van der Waals surface area contributed by atoms with Crippen LogP contribution in [0.15, 0.2) is 30.3 Å². The molecule has 0 atom stereocenters. The quantitative estimate of drug-likeness (QED) is 0.750. The van der Waals surface area contributed by atoms with Gasteiger partial charge in [0.25, 0.3) is 0 Å². The molecule has 0 heterocycles. The van der Waals surface area contributed by atoms with E-state index in [1.807, 2.05) is 36.4 Å². The molecular weight excluding hydrogens is 204 g/mol. The number of methoxy groups -OCH3 is 1. The number of ether oxygens (including phenoxy) is 1. The third kappa shape index (κ3) is 4.64. The van der Waals surface area contributed by atoms with E-state index in [0.29, 0.717) is 6.42 Å². The largest absolute Gasteiger partial charge is 0.497 e. The molecule has 1 N–H and O–H groups in total. The summed E-state index contributed by atoms with van der Waals surface area (Å²) in [7, 11) is 1.63. The Kier molecular flexibility index (Phi) is 5.12. The summed E-state index contributed by atoms with van der Waals surface area (Å²) in [6.07, 6.45) is 5.64. The zero-order valence-corrected chi connectivity index (χ0v) is 9.35. The van der Waals surface area contributed by atoms with E-state index in [4.69, 9.17) is 9.84 Å². The molecule has 3 heteroatoms. The molecule has 0 aliphatic carbocycles. The molecule has 0 aliphatic heterocycles. The summed E-state index contributed by atoms with van der Waals surface area (Å²) in [5, 5.41) is 8.46. The number of unbranched alkanes of at least 4 members (excludes halogenated alkanes) is 1. The minimum absolute atomic E-state index is 0.225. The second kappa shape index (κ2) is 6.67. The molecule has 86 valence electrons. The summed E-state index contributed by atoms with van der Waals surface area (Å²) in [6.45, 7) is 0. The lowest BCUT2D eigenvalue weighted by Crippen LogP contribution is -1.92. The average molecular weight is 220 g/mol. The van der Waals surface area contributed by atoms with Crippen molar-refractivity contribution in [3.05, 3.63) is 35.9 Å². The lowest BCUT2D eigenvalue weighted by atomic mass is 10.1. The Bertz CT molecular complexity index is 369. The number of aliphatic carboxylic acids is 1. The van der Waals surface area contributed by atoms with Crippen LogP contribution < -0.4 is 4.74 Å². The molecule has 0 spiro atoms. The summed E-state index contributed by atoms with van der Waals surface area (Å²) in [4.78, 5) is 10.3. The minimum atomic E-state index is -0.741. The SMILES string of the molecule is COc1cccc(/C=C/CCCC(=O)O)c1. The standard InChI is InChI=1S/C13H16O3/c1-16-12-8-5-7-11(10-12)6-3-2-4-9-13(14)15/h3,5-8,10H,2,4,9H2,1H3,(H,14,15)/b6-3+. The van der Waals surface area contributed by atoms with Crippen LogP contribution in [0.3, 0.4) is 0 Å².